The van der Waals surface area contributed by atoms with Crippen LogP contribution in [0.4, 0.5) is 4.39 Å². The lowest BCUT2D eigenvalue weighted by molar-refractivity contribution is -0.145. The zero-order valence-electron chi connectivity index (χ0n) is 15.4. The van der Waals surface area contributed by atoms with Crippen molar-refractivity contribution in [1.29, 1.82) is 0 Å². The van der Waals surface area contributed by atoms with Crippen LogP contribution in [-0.4, -0.2) is 23.4 Å². The lowest BCUT2D eigenvalue weighted by Crippen LogP contribution is -2.30. The molecule has 27 heavy (non-hydrogen) atoms. The Balaban J connectivity index is 1.67. The fraction of sp³-hybridized carbons (Fsp3) is 0.421. The zero-order valence-corrected chi connectivity index (χ0v) is 16.2. The summed E-state index contributed by atoms with van der Waals surface area (Å²) in [5.74, 6) is -0.00209. The number of esters is 1. The molecule has 1 amide bonds. The summed E-state index contributed by atoms with van der Waals surface area (Å²) in [5, 5.41) is 5.03. The Bertz CT molecular complexity index is 746. The predicted octanol–water partition coefficient (Wildman–Crippen LogP) is 3.46. The number of aromatic nitrogens is 1. The monoisotopic (exact) mass is 394 g/mol. The van der Waals surface area contributed by atoms with Gasteiger partial charge >= 0.3 is 5.97 Å². The maximum Gasteiger partial charge on any atom is 0.325 e. The average Bonchev–Trinajstić information content (AvgIpc) is 3.10. The first-order chi connectivity index (χ1) is 12.9. The van der Waals surface area contributed by atoms with Gasteiger partial charge in [-0.15, -0.1) is 11.3 Å². The number of hydrogen-bond donors (Lipinski definition) is 1. The molecule has 8 heteroatoms. The minimum atomic E-state index is -0.509. The van der Waals surface area contributed by atoms with E-state index in [0.29, 0.717) is 28.8 Å². The molecule has 0 fully saturated rings. The molecular weight excluding hydrogens is 371 g/mol. The van der Waals surface area contributed by atoms with Crippen molar-refractivity contribution in [2.24, 2.45) is 5.92 Å². The molecular formula is C19H23FN2O4S. The lowest BCUT2D eigenvalue weighted by Gasteiger charge is -2.07. The van der Waals surface area contributed by atoms with Gasteiger partial charge in [-0.05, 0) is 36.6 Å². The van der Waals surface area contributed by atoms with Crippen molar-refractivity contribution < 1.29 is 23.5 Å². The zero-order chi connectivity index (χ0) is 19.6. The molecule has 0 aliphatic rings. The van der Waals surface area contributed by atoms with E-state index in [-0.39, 0.29) is 31.5 Å². The molecule has 0 saturated carbocycles. The van der Waals surface area contributed by atoms with Crippen LogP contribution in [0, 0.1) is 11.7 Å². The van der Waals surface area contributed by atoms with Crippen molar-refractivity contribution >= 4 is 23.2 Å². The summed E-state index contributed by atoms with van der Waals surface area (Å²) in [7, 11) is 0. The Morgan fingerprint density at radius 2 is 1.96 bits per heavy atom. The van der Waals surface area contributed by atoms with Crippen molar-refractivity contribution in [1.82, 2.24) is 10.3 Å². The summed E-state index contributed by atoms with van der Waals surface area (Å²) in [6, 6.07) is 5.73. The molecule has 146 valence electrons. The van der Waals surface area contributed by atoms with Crippen LogP contribution in [0.2, 0.25) is 0 Å². The molecule has 0 spiro atoms. The highest BCUT2D eigenvalue weighted by Gasteiger charge is 2.09. The fourth-order valence-electron chi connectivity index (χ4n) is 2.04. The van der Waals surface area contributed by atoms with Gasteiger partial charge in [0.2, 0.25) is 5.91 Å². The van der Waals surface area contributed by atoms with Crippen molar-refractivity contribution in [3.8, 4) is 5.75 Å². The van der Waals surface area contributed by atoms with Gasteiger partial charge in [-0.1, -0.05) is 13.8 Å². The molecule has 1 heterocycles. The molecule has 0 bridgehead atoms. The van der Waals surface area contributed by atoms with Gasteiger partial charge in [0.05, 0.1) is 5.69 Å². The highest BCUT2D eigenvalue weighted by molar-refractivity contribution is 7.09. The van der Waals surface area contributed by atoms with Gasteiger partial charge < -0.3 is 14.8 Å². The third kappa shape index (κ3) is 8.17. The van der Waals surface area contributed by atoms with Crippen molar-refractivity contribution in [2.45, 2.75) is 39.9 Å². The van der Waals surface area contributed by atoms with Crippen molar-refractivity contribution in [2.75, 3.05) is 6.54 Å². The van der Waals surface area contributed by atoms with Gasteiger partial charge in [0.15, 0.2) is 0 Å². The Hall–Kier alpha value is -2.48. The minimum Gasteiger partial charge on any atom is -0.486 e. The van der Waals surface area contributed by atoms with Crippen LogP contribution in [-0.2, 0) is 27.5 Å². The molecule has 1 aromatic carbocycles. The highest BCUT2D eigenvalue weighted by Crippen LogP contribution is 2.16. The number of nitrogens with one attached hydrogen (secondary N) is 1. The first kappa shape index (κ1) is 20.8. The van der Waals surface area contributed by atoms with E-state index in [9.17, 15) is 14.0 Å². The summed E-state index contributed by atoms with van der Waals surface area (Å²) < 4.78 is 23.5. The number of amides is 1. The number of ether oxygens (including phenoxy) is 2. The molecule has 0 aliphatic heterocycles. The second-order valence-corrected chi connectivity index (χ2v) is 7.29. The van der Waals surface area contributed by atoms with Crippen molar-refractivity contribution in [3.05, 3.63) is 46.2 Å². The van der Waals surface area contributed by atoms with Crippen LogP contribution in [0.1, 0.15) is 37.4 Å². The second kappa shape index (κ2) is 10.6. The number of carbonyl (C=O) groups excluding carboxylic acids is 2. The summed E-state index contributed by atoms with van der Waals surface area (Å²) in [6.45, 7) is 4.20. The smallest absolute Gasteiger partial charge is 0.325 e. The van der Waals surface area contributed by atoms with Crippen LogP contribution in [0.3, 0.4) is 0 Å². The largest absolute Gasteiger partial charge is 0.486 e. The van der Waals surface area contributed by atoms with E-state index in [0.717, 1.165) is 6.42 Å². The van der Waals surface area contributed by atoms with Gasteiger partial charge in [0.25, 0.3) is 0 Å². The fourth-order valence-corrected chi connectivity index (χ4v) is 2.73. The standard InChI is InChI=1S/C19H23FN2O4S/c1-13(2)3-8-17(23)21-9-19(24)26-10-15-12-27-18(22-15)11-25-16-6-4-14(20)5-7-16/h4-7,12-13H,3,8-11H2,1-2H3,(H,21,23). The number of thiazole rings is 1. The maximum atomic E-state index is 12.8. The Labute approximate surface area is 161 Å². The number of halogens is 1. The van der Waals surface area contributed by atoms with E-state index < -0.39 is 5.97 Å². The number of benzene rings is 1. The van der Waals surface area contributed by atoms with E-state index >= 15 is 0 Å². The molecule has 0 atom stereocenters. The van der Waals surface area contributed by atoms with Crippen LogP contribution in [0.15, 0.2) is 29.6 Å². The van der Waals surface area contributed by atoms with Crippen LogP contribution in [0.5, 0.6) is 5.75 Å². The van der Waals surface area contributed by atoms with E-state index in [4.69, 9.17) is 9.47 Å². The quantitative estimate of drug-likeness (QED) is 0.625. The molecule has 2 aromatic rings. The van der Waals surface area contributed by atoms with Gasteiger partial charge in [-0.25, -0.2) is 9.37 Å². The van der Waals surface area contributed by atoms with Crippen LogP contribution < -0.4 is 10.1 Å². The Morgan fingerprint density at radius 1 is 1.22 bits per heavy atom. The van der Waals surface area contributed by atoms with Gasteiger partial charge in [0, 0.05) is 11.8 Å². The Kier molecular flexibility index (Phi) is 8.19. The summed E-state index contributed by atoms with van der Waals surface area (Å²) in [6.07, 6.45) is 1.18. The van der Waals surface area contributed by atoms with E-state index in [1.165, 1.54) is 23.5 Å². The molecule has 0 radical (unpaired) electrons. The first-order valence-corrected chi connectivity index (χ1v) is 9.54. The molecule has 2 rings (SSSR count). The van der Waals surface area contributed by atoms with Crippen LogP contribution in [0.25, 0.3) is 0 Å². The van der Waals surface area contributed by atoms with Crippen molar-refractivity contribution in [3.63, 3.8) is 0 Å². The molecule has 0 unspecified atom stereocenters. The van der Waals surface area contributed by atoms with Gasteiger partial charge in [-0.3, -0.25) is 9.59 Å². The highest BCUT2D eigenvalue weighted by atomic mass is 32.1. The summed E-state index contributed by atoms with van der Waals surface area (Å²) in [5.41, 5.74) is 0.609. The van der Waals surface area contributed by atoms with E-state index in [1.807, 2.05) is 13.8 Å². The number of rotatable bonds is 10. The maximum absolute atomic E-state index is 12.8. The molecule has 0 saturated heterocycles. The summed E-state index contributed by atoms with van der Waals surface area (Å²) in [4.78, 5) is 27.6. The minimum absolute atomic E-state index is 0.0355. The number of nitrogens with zero attached hydrogens (tertiary/aromatic N) is 1. The third-order valence-electron chi connectivity index (χ3n) is 3.53. The predicted molar refractivity (Wildman–Crippen MR) is 99.7 cm³/mol. The van der Waals surface area contributed by atoms with Gasteiger partial charge in [-0.2, -0.15) is 0 Å². The Morgan fingerprint density at radius 3 is 2.67 bits per heavy atom. The third-order valence-corrected chi connectivity index (χ3v) is 4.41. The second-order valence-electron chi connectivity index (χ2n) is 6.35. The first-order valence-electron chi connectivity index (χ1n) is 8.66. The lowest BCUT2D eigenvalue weighted by atomic mass is 10.1. The van der Waals surface area contributed by atoms with Crippen LogP contribution >= 0.6 is 11.3 Å². The number of hydrogen-bond acceptors (Lipinski definition) is 6. The van der Waals surface area contributed by atoms with E-state index in [2.05, 4.69) is 10.3 Å². The SMILES string of the molecule is CC(C)CCC(=O)NCC(=O)OCc1csc(COc2ccc(F)cc2)n1. The molecule has 1 aromatic heterocycles. The molecule has 1 N–H and O–H groups in total. The topological polar surface area (TPSA) is 77.5 Å². The molecule has 6 nitrogen and oxygen atoms in total. The summed E-state index contributed by atoms with van der Waals surface area (Å²) >= 11 is 1.38. The average molecular weight is 394 g/mol. The van der Waals surface area contributed by atoms with E-state index in [1.54, 1.807) is 17.5 Å². The normalized spacial score (nSPS) is 10.7. The number of carbonyl (C=O) groups is 2. The van der Waals surface area contributed by atoms with Gasteiger partial charge in [0.1, 0.15) is 36.3 Å². The molecule has 0 aliphatic carbocycles.